The fourth-order valence-corrected chi connectivity index (χ4v) is 3.20. The van der Waals surface area contributed by atoms with Gasteiger partial charge in [0, 0.05) is 23.3 Å². The standard InChI is InChI=1S/C19H18N2O2/c1-19(2)15-6-4-5-7-16(15)21(3)18(19)11-8-13-12-14(20-23)9-10-17(13)22/h4-12H,1-3H3/p+1. The Balaban J connectivity index is 2.04. The lowest BCUT2D eigenvalue weighted by Crippen LogP contribution is -2.26. The van der Waals surface area contributed by atoms with E-state index in [-0.39, 0.29) is 11.2 Å². The zero-order valence-corrected chi connectivity index (χ0v) is 13.4. The zero-order chi connectivity index (χ0) is 16.6. The largest absolute Gasteiger partial charge is 0.507 e. The van der Waals surface area contributed by atoms with Crippen LogP contribution < -0.4 is 0 Å². The number of phenolic OH excluding ortho intramolecular Hbond substituents is 1. The molecule has 1 heterocycles. The number of allylic oxidation sites excluding steroid dienone is 1. The predicted molar refractivity (Wildman–Crippen MR) is 92.9 cm³/mol. The first-order chi connectivity index (χ1) is 10.9. The van der Waals surface area contributed by atoms with Crippen LogP contribution in [0.1, 0.15) is 25.0 Å². The molecule has 0 fully saturated rings. The van der Waals surface area contributed by atoms with Gasteiger partial charge >= 0.3 is 0 Å². The van der Waals surface area contributed by atoms with Crippen LogP contribution in [-0.4, -0.2) is 22.4 Å². The van der Waals surface area contributed by atoms with Crippen molar-refractivity contribution >= 4 is 23.2 Å². The van der Waals surface area contributed by atoms with E-state index < -0.39 is 0 Å². The highest BCUT2D eigenvalue weighted by Gasteiger charge is 2.42. The summed E-state index contributed by atoms with van der Waals surface area (Å²) < 4.78 is 2.16. The van der Waals surface area contributed by atoms with E-state index in [1.54, 1.807) is 6.07 Å². The zero-order valence-electron chi connectivity index (χ0n) is 13.4. The van der Waals surface area contributed by atoms with E-state index >= 15 is 0 Å². The molecule has 0 aromatic heterocycles. The van der Waals surface area contributed by atoms with Crippen molar-refractivity contribution in [1.29, 1.82) is 0 Å². The molecule has 0 spiro atoms. The van der Waals surface area contributed by atoms with Crippen LogP contribution in [0.15, 0.2) is 53.7 Å². The topological polar surface area (TPSA) is 52.7 Å². The summed E-state index contributed by atoms with van der Waals surface area (Å²) in [6, 6.07) is 12.9. The Morgan fingerprint density at radius 3 is 2.57 bits per heavy atom. The lowest BCUT2D eigenvalue weighted by Gasteiger charge is -2.15. The van der Waals surface area contributed by atoms with Crippen LogP contribution in [0.2, 0.25) is 0 Å². The van der Waals surface area contributed by atoms with Crippen molar-refractivity contribution < 1.29 is 9.68 Å². The van der Waals surface area contributed by atoms with Crippen LogP contribution >= 0.6 is 0 Å². The van der Waals surface area contributed by atoms with Gasteiger partial charge in [0.25, 0.3) is 0 Å². The molecule has 1 aliphatic rings. The minimum atomic E-state index is -0.127. The lowest BCUT2D eigenvalue weighted by atomic mass is 9.81. The Hall–Kier alpha value is -2.75. The third-order valence-corrected chi connectivity index (χ3v) is 4.48. The van der Waals surface area contributed by atoms with Crippen LogP contribution in [0.25, 0.3) is 6.08 Å². The van der Waals surface area contributed by atoms with Gasteiger partial charge in [0.2, 0.25) is 5.69 Å². The van der Waals surface area contributed by atoms with E-state index in [0.29, 0.717) is 11.3 Å². The number of benzene rings is 2. The highest BCUT2D eigenvalue weighted by molar-refractivity contribution is 6.05. The highest BCUT2D eigenvalue weighted by atomic mass is 16.3. The molecular weight excluding hydrogens is 288 g/mol. The average molecular weight is 307 g/mol. The molecular formula is C19H19N2O2+. The smallest absolute Gasteiger partial charge is 0.209 e. The number of rotatable bonds is 3. The summed E-state index contributed by atoms with van der Waals surface area (Å²) in [5.74, 6) is 0.130. The minimum absolute atomic E-state index is 0.127. The molecule has 0 amide bonds. The Labute approximate surface area is 135 Å². The molecule has 2 aromatic rings. The molecule has 1 aliphatic heterocycles. The molecule has 1 N–H and O–H groups in total. The Kier molecular flexibility index (Phi) is 3.60. The molecule has 0 aliphatic carbocycles. The molecule has 116 valence electrons. The van der Waals surface area contributed by atoms with Gasteiger partial charge in [-0.15, -0.1) is 4.91 Å². The molecule has 4 heteroatoms. The van der Waals surface area contributed by atoms with Gasteiger partial charge < -0.3 is 5.11 Å². The van der Waals surface area contributed by atoms with Gasteiger partial charge in [0.1, 0.15) is 18.5 Å². The Bertz CT molecular complexity index is 848. The van der Waals surface area contributed by atoms with Crippen LogP contribution in [0, 0.1) is 4.91 Å². The Morgan fingerprint density at radius 1 is 1.13 bits per heavy atom. The van der Waals surface area contributed by atoms with Crippen molar-refractivity contribution in [3.8, 4) is 5.75 Å². The van der Waals surface area contributed by atoms with Crippen molar-refractivity contribution in [2.75, 3.05) is 7.05 Å². The third-order valence-electron chi connectivity index (χ3n) is 4.48. The molecule has 0 bridgehead atoms. The lowest BCUT2D eigenvalue weighted by molar-refractivity contribution is -0.401. The molecule has 0 saturated carbocycles. The number of fused-ring (bicyclic) bond motifs is 1. The molecule has 0 unspecified atom stereocenters. The van der Waals surface area contributed by atoms with Crippen LogP contribution in [0.5, 0.6) is 5.75 Å². The Morgan fingerprint density at radius 2 is 1.87 bits per heavy atom. The summed E-state index contributed by atoms with van der Waals surface area (Å²) in [6.45, 7) is 4.36. The molecule has 2 aromatic carbocycles. The maximum absolute atomic E-state index is 10.7. The second kappa shape index (κ2) is 5.47. The second-order valence-corrected chi connectivity index (χ2v) is 6.25. The number of nitroso groups, excluding NO2 is 1. The summed E-state index contributed by atoms with van der Waals surface area (Å²) in [4.78, 5) is 10.7. The fourth-order valence-electron chi connectivity index (χ4n) is 3.20. The van der Waals surface area contributed by atoms with Crippen LogP contribution in [0.3, 0.4) is 0 Å². The predicted octanol–water partition coefficient (Wildman–Crippen LogP) is 4.51. The third kappa shape index (κ3) is 2.46. The number of hydrogen-bond donors (Lipinski definition) is 1. The monoisotopic (exact) mass is 307 g/mol. The normalized spacial score (nSPS) is 16.0. The van der Waals surface area contributed by atoms with E-state index in [2.05, 4.69) is 35.7 Å². The summed E-state index contributed by atoms with van der Waals surface area (Å²) in [5.41, 5.74) is 4.34. The second-order valence-electron chi connectivity index (χ2n) is 6.25. The molecule has 23 heavy (non-hydrogen) atoms. The van der Waals surface area contributed by atoms with Gasteiger partial charge in [-0.05, 0) is 43.3 Å². The molecule has 0 radical (unpaired) electrons. The van der Waals surface area contributed by atoms with Crippen molar-refractivity contribution in [2.45, 2.75) is 19.3 Å². The summed E-state index contributed by atoms with van der Waals surface area (Å²) in [7, 11) is 2.04. The van der Waals surface area contributed by atoms with Gasteiger partial charge in [-0.1, -0.05) is 18.2 Å². The first-order valence-corrected chi connectivity index (χ1v) is 7.50. The summed E-state index contributed by atoms with van der Waals surface area (Å²) >= 11 is 0. The van der Waals surface area contributed by atoms with Gasteiger partial charge in [-0.3, -0.25) is 0 Å². The maximum atomic E-state index is 10.7. The fraction of sp³-hybridized carbons (Fsp3) is 0.211. The van der Waals surface area contributed by atoms with Crippen LogP contribution in [0.4, 0.5) is 11.4 Å². The first kappa shape index (κ1) is 15.2. The highest BCUT2D eigenvalue weighted by Crippen LogP contribution is 2.39. The maximum Gasteiger partial charge on any atom is 0.209 e. The molecule has 3 rings (SSSR count). The van der Waals surface area contributed by atoms with Gasteiger partial charge in [-0.2, -0.15) is 4.58 Å². The van der Waals surface area contributed by atoms with Crippen molar-refractivity contribution in [3.63, 3.8) is 0 Å². The SMILES string of the molecule is C[N+]1=C(/C=C/c2cc(N=O)ccc2O)C(C)(C)c2ccccc21. The van der Waals surface area contributed by atoms with Gasteiger partial charge in [-0.25, -0.2) is 0 Å². The summed E-state index contributed by atoms with van der Waals surface area (Å²) in [5, 5.41) is 12.9. The van der Waals surface area contributed by atoms with Crippen LogP contribution in [-0.2, 0) is 5.41 Å². The van der Waals surface area contributed by atoms with Crippen molar-refractivity contribution in [1.82, 2.24) is 0 Å². The number of phenols is 1. The van der Waals surface area contributed by atoms with Gasteiger partial charge in [0.15, 0.2) is 5.71 Å². The van der Waals surface area contributed by atoms with Crippen molar-refractivity contribution in [2.24, 2.45) is 5.18 Å². The van der Waals surface area contributed by atoms with E-state index in [4.69, 9.17) is 0 Å². The van der Waals surface area contributed by atoms with E-state index in [1.165, 1.54) is 23.4 Å². The van der Waals surface area contributed by atoms with E-state index in [1.807, 2.05) is 31.3 Å². The first-order valence-electron chi connectivity index (χ1n) is 7.50. The molecule has 0 atom stereocenters. The average Bonchev–Trinajstić information content (AvgIpc) is 2.74. The number of nitrogens with zero attached hydrogens (tertiary/aromatic N) is 2. The van der Waals surface area contributed by atoms with Gasteiger partial charge in [0.05, 0.1) is 5.41 Å². The number of hydrogen-bond acceptors (Lipinski definition) is 3. The minimum Gasteiger partial charge on any atom is -0.507 e. The van der Waals surface area contributed by atoms with E-state index in [0.717, 1.165) is 5.71 Å². The quantitative estimate of drug-likeness (QED) is 0.670. The van der Waals surface area contributed by atoms with Crippen molar-refractivity contribution in [3.05, 3.63) is 64.6 Å². The summed E-state index contributed by atoms with van der Waals surface area (Å²) in [6.07, 6.45) is 3.81. The van der Waals surface area contributed by atoms with E-state index in [9.17, 15) is 10.0 Å². The molecule has 4 nitrogen and oxygen atoms in total. The molecule has 0 saturated heterocycles. The number of para-hydroxylation sites is 1. The number of aromatic hydroxyl groups is 1.